The molecule has 1 N–H and O–H groups in total. The maximum absolute atomic E-state index is 10.5. The minimum atomic E-state index is 0.0515. The number of rotatable bonds is 6. The molecule has 1 amide bonds. The molecule has 13 heavy (non-hydrogen) atoms. The van der Waals surface area contributed by atoms with Gasteiger partial charge in [0.25, 0.3) is 0 Å². The third kappa shape index (κ3) is 11.2. The van der Waals surface area contributed by atoms with Crippen molar-refractivity contribution in [3.8, 4) is 0 Å². The van der Waals surface area contributed by atoms with Crippen LogP contribution in [-0.4, -0.2) is 12.5 Å². The Kier molecular flexibility index (Phi) is 7.36. The Morgan fingerprint density at radius 2 is 1.92 bits per heavy atom. The predicted molar refractivity (Wildman–Crippen MR) is 56.5 cm³/mol. The van der Waals surface area contributed by atoms with Crippen LogP contribution >= 0.6 is 0 Å². The largest absolute Gasteiger partial charge is 0.356 e. The number of hydrogen-bond donors (Lipinski definition) is 1. The lowest BCUT2D eigenvalue weighted by atomic mass is 10.1. The van der Waals surface area contributed by atoms with E-state index in [4.69, 9.17) is 0 Å². The van der Waals surface area contributed by atoms with Crippen molar-refractivity contribution in [2.24, 2.45) is 5.92 Å². The minimum Gasteiger partial charge on any atom is -0.356 e. The molecule has 0 aliphatic rings. The van der Waals surface area contributed by atoms with E-state index in [0.717, 1.165) is 25.3 Å². The first kappa shape index (κ1) is 12.2. The summed E-state index contributed by atoms with van der Waals surface area (Å²) < 4.78 is 0. The van der Waals surface area contributed by atoms with E-state index in [1.807, 2.05) is 0 Å². The number of allylic oxidation sites excluding steroid dienone is 1. The van der Waals surface area contributed by atoms with Crippen molar-refractivity contribution in [1.82, 2.24) is 5.32 Å². The van der Waals surface area contributed by atoms with Crippen molar-refractivity contribution in [2.45, 2.75) is 40.0 Å². The van der Waals surface area contributed by atoms with Gasteiger partial charge in [0.2, 0.25) is 5.91 Å². The molecule has 0 heterocycles. The molecule has 0 saturated heterocycles. The normalized spacial score (nSPS) is 11.1. The first-order valence-corrected chi connectivity index (χ1v) is 5.02. The Labute approximate surface area is 81.4 Å². The van der Waals surface area contributed by atoms with Gasteiger partial charge >= 0.3 is 0 Å². The van der Waals surface area contributed by atoms with E-state index in [0.29, 0.717) is 0 Å². The van der Waals surface area contributed by atoms with Crippen LogP contribution in [-0.2, 0) is 4.79 Å². The Morgan fingerprint density at radius 3 is 2.46 bits per heavy atom. The molecule has 0 aromatic heterocycles. The van der Waals surface area contributed by atoms with E-state index >= 15 is 0 Å². The molecule has 0 fully saturated rings. The number of carbonyl (C=O) groups is 1. The molecule has 2 nitrogen and oxygen atoms in total. The Bertz CT molecular complexity index is 161. The number of hydrogen-bond acceptors (Lipinski definition) is 1. The lowest BCUT2D eigenvalue weighted by molar-refractivity contribution is -0.118. The van der Waals surface area contributed by atoms with Crippen LogP contribution in [0.1, 0.15) is 40.0 Å². The van der Waals surface area contributed by atoms with Crippen LogP contribution in [0.15, 0.2) is 12.2 Å². The van der Waals surface area contributed by atoms with E-state index < -0.39 is 0 Å². The molecule has 2 heteroatoms. The van der Waals surface area contributed by atoms with Gasteiger partial charge in [-0.3, -0.25) is 4.79 Å². The molecule has 76 valence electrons. The van der Waals surface area contributed by atoms with Crippen LogP contribution in [0.25, 0.3) is 0 Å². The van der Waals surface area contributed by atoms with Crippen molar-refractivity contribution in [3.05, 3.63) is 12.2 Å². The lowest BCUT2D eigenvalue weighted by Crippen LogP contribution is -2.20. The van der Waals surface area contributed by atoms with Gasteiger partial charge in [-0.05, 0) is 25.2 Å². The predicted octanol–water partition coefficient (Wildman–Crippen LogP) is 2.51. The fourth-order valence-electron chi connectivity index (χ4n) is 0.997. The molecule has 0 rings (SSSR count). The SMILES string of the molecule is CC(=O)NCC/C=C/CCC(C)C. The van der Waals surface area contributed by atoms with Crippen LogP contribution in [0.3, 0.4) is 0 Å². The van der Waals surface area contributed by atoms with Gasteiger partial charge in [0.1, 0.15) is 0 Å². The first-order valence-electron chi connectivity index (χ1n) is 5.02. The molecule has 0 unspecified atom stereocenters. The van der Waals surface area contributed by atoms with Gasteiger partial charge < -0.3 is 5.32 Å². The Morgan fingerprint density at radius 1 is 1.31 bits per heavy atom. The molecule has 0 spiro atoms. The fourth-order valence-corrected chi connectivity index (χ4v) is 0.997. The second kappa shape index (κ2) is 7.84. The smallest absolute Gasteiger partial charge is 0.216 e. The van der Waals surface area contributed by atoms with E-state index in [9.17, 15) is 4.79 Å². The highest BCUT2D eigenvalue weighted by molar-refractivity contribution is 5.72. The molecular formula is C11H21NO. The topological polar surface area (TPSA) is 29.1 Å². The summed E-state index contributed by atoms with van der Waals surface area (Å²) in [4.78, 5) is 10.5. The monoisotopic (exact) mass is 183 g/mol. The highest BCUT2D eigenvalue weighted by Crippen LogP contribution is 2.03. The molecule has 0 aromatic carbocycles. The maximum atomic E-state index is 10.5. The summed E-state index contributed by atoms with van der Waals surface area (Å²) in [6.45, 7) is 6.76. The van der Waals surface area contributed by atoms with Crippen molar-refractivity contribution in [2.75, 3.05) is 6.54 Å². The molecule has 0 atom stereocenters. The van der Waals surface area contributed by atoms with Crippen LogP contribution in [0.4, 0.5) is 0 Å². The summed E-state index contributed by atoms with van der Waals surface area (Å²) in [7, 11) is 0. The maximum Gasteiger partial charge on any atom is 0.216 e. The van der Waals surface area contributed by atoms with E-state index in [-0.39, 0.29) is 5.91 Å². The zero-order valence-electron chi connectivity index (χ0n) is 8.97. The average Bonchev–Trinajstić information content (AvgIpc) is 2.01. The second-order valence-electron chi connectivity index (χ2n) is 3.71. The molecule has 0 aliphatic heterocycles. The standard InChI is InChI=1S/C11H21NO/c1-10(2)8-6-4-5-7-9-12-11(3)13/h4-5,10H,6-9H2,1-3H3,(H,12,13)/b5-4+. The van der Waals surface area contributed by atoms with Crippen LogP contribution in [0.2, 0.25) is 0 Å². The van der Waals surface area contributed by atoms with Crippen molar-refractivity contribution in [3.63, 3.8) is 0 Å². The number of carbonyl (C=O) groups excluding carboxylic acids is 1. The summed E-state index contributed by atoms with van der Waals surface area (Å²) in [5, 5.41) is 2.76. The van der Waals surface area contributed by atoms with Gasteiger partial charge in [-0.25, -0.2) is 0 Å². The third-order valence-electron chi connectivity index (χ3n) is 1.76. The fraction of sp³-hybridized carbons (Fsp3) is 0.727. The van der Waals surface area contributed by atoms with E-state index in [2.05, 4.69) is 31.3 Å². The summed E-state index contributed by atoms with van der Waals surface area (Å²) >= 11 is 0. The molecule has 0 aromatic rings. The van der Waals surface area contributed by atoms with E-state index in [1.165, 1.54) is 6.42 Å². The molecule has 0 saturated carbocycles. The van der Waals surface area contributed by atoms with Gasteiger partial charge in [-0.15, -0.1) is 0 Å². The van der Waals surface area contributed by atoms with Gasteiger partial charge in [-0.1, -0.05) is 26.0 Å². The van der Waals surface area contributed by atoms with Gasteiger partial charge in [0.05, 0.1) is 0 Å². The summed E-state index contributed by atoms with van der Waals surface area (Å²) in [6, 6.07) is 0. The number of nitrogens with one attached hydrogen (secondary N) is 1. The summed E-state index contributed by atoms with van der Waals surface area (Å²) in [6.07, 6.45) is 7.67. The van der Waals surface area contributed by atoms with E-state index in [1.54, 1.807) is 6.92 Å². The zero-order chi connectivity index (χ0) is 10.1. The number of amides is 1. The van der Waals surface area contributed by atoms with Gasteiger partial charge in [0, 0.05) is 13.5 Å². The molecular weight excluding hydrogens is 162 g/mol. The molecule has 0 aliphatic carbocycles. The summed E-state index contributed by atoms with van der Waals surface area (Å²) in [5.74, 6) is 0.829. The van der Waals surface area contributed by atoms with Crippen molar-refractivity contribution >= 4 is 5.91 Å². The Hall–Kier alpha value is -0.790. The molecule has 0 bridgehead atoms. The van der Waals surface area contributed by atoms with Gasteiger partial charge in [-0.2, -0.15) is 0 Å². The quantitative estimate of drug-likeness (QED) is 0.497. The second-order valence-corrected chi connectivity index (χ2v) is 3.71. The first-order chi connectivity index (χ1) is 6.13. The van der Waals surface area contributed by atoms with Gasteiger partial charge in [0.15, 0.2) is 0 Å². The third-order valence-corrected chi connectivity index (χ3v) is 1.76. The summed E-state index contributed by atoms with van der Waals surface area (Å²) in [5.41, 5.74) is 0. The van der Waals surface area contributed by atoms with Crippen molar-refractivity contribution < 1.29 is 4.79 Å². The molecule has 0 radical (unpaired) electrons. The lowest BCUT2D eigenvalue weighted by Gasteiger charge is -1.99. The zero-order valence-corrected chi connectivity index (χ0v) is 8.97. The average molecular weight is 183 g/mol. The highest BCUT2D eigenvalue weighted by atomic mass is 16.1. The van der Waals surface area contributed by atoms with Crippen molar-refractivity contribution in [1.29, 1.82) is 0 Å². The van der Waals surface area contributed by atoms with Crippen LogP contribution in [0.5, 0.6) is 0 Å². The Balaban J connectivity index is 3.17. The highest BCUT2D eigenvalue weighted by Gasteiger charge is 1.90. The minimum absolute atomic E-state index is 0.0515. The van der Waals surface area contributed by atoms with Crippen LogP contribution in [0, 0.1) is 5.92 Å². The van der Waals surface area contributed by atoms with Crippen LogP contribution < -0.4 is 5.32 Å².